The van der Waals surface area contributed by atoms with E-state index in [9.17, 15) is 9.90 Å². The highest BCUT2D eigenvalue weighted by Crippen LogP contribution is 2.33. The Labute approximate surface area is 201 Å². The summed E-state index contributed by atoms with van der Waals surface area (Å²) in [7, 11) is 1.61. The van der Waals surface area contributed by atoms with Gasteiger partial charge in [-0.05, 0) is 86.0 Å². The number of ether oxygens (including phenoxy) is 1. The summed E-state index contributed by atoms with van der Waals surface area (Å²) in [6, 6.07) is 20.1. The Morgan fingerprint density at radius 3 is 2.44 bits per heavy atom. The lowest BCUT2D eigenvalue weighted by atomic mass is 10.0. The molecule has 0 aliphatic rings. The molecule has 2 N–H and O–H groups in total. The van der Waals surface area contributed by atoms with E-state index < -0.39 is 0 Å². The van der Waals surface area contributed by atoms with Crippen LogP contribution in [0.1, 0.15) is 15.9 Å². The Kier molecular flexibility index (Phi) is 6.53. The molecule has 0 saturated carbocycles. The number of hydrazone groups is 1. The van der Waals surface area contributed by atoms with Gasteiger partial charge in [-0.15, -0.1) is 0 Å². The number of nitrogens with one attached hydrogen (secondary N) is 1. The fraction of sp³-hybridized carbons (Fsp3) is 0.0417. The molecule has 1 heterocycles. The number of aromatic hydroxyl groups is 1. The number of rotatable bonds is 5. The predicted molar refractivity (Wildman–Crippen MR) is 132 cm³/mol. The van der Waals surface area contributed by atoms with Crippen molar-refractivity contribution in [2.75, 3.05) is 7.11 Å². The van der Waals surface area contributed by atoms with Crippen LogP contribution < -0.4 is 10.2 Å². The van der Waals surface area contributed by atoms with Crippen LogP contribution in [-0.4, -0.2) is 29.3 Å². The Balaban J connectivity index is 1.65. The first-order valence-corrected chi connectivity index (χ1v) is 11.1. The first-order valence-electron chi connectivity index (χ1n) is 9.52. The van der Waals surface area contributed by atoms with E-state index in [1.807, 2.05) is 48.5 Å². The molecule has 1 amide bonds. The van der Waals surface area contributed by atoms with E-state index in [1.165, 1.54) is 6.21 Å². The zero-order valence-corrected chi connectivity index (χ0v) is 20.0. The van der Waals surface area contributed by atoms with Gasteiger partial charge in [-0.3, -0.25) is 4.79 Å². The first-order chi connectivity index (χ1) is 15.5. The molecule has 0 radical (unpaired) electrons. The van der Waals surface area contributed by atoms with Crippen molar-refractivity contribution in [2.45, 2.75) is 0 Å². The number of nitrogens with zero attached hydrogens (tertiary/aromatic N) is 2. The average Bonchev–Trinajstić information content (AvgIpc) is 2.81. The van der Waals surface area contributed by atoms with Crippen molar-refractivity contribution in [1.29, 1.82) is 0 Å². The molecule has 0 unspecified atom stereocenters. The number of carbonyl (C=O) groups excluding carboxylic acids is 1. The Morgan fingerprint density at radius 1 is 1.06 bits per heavy atom. The minimum atomic E-state index is -0.355. The molecule has 0 saturated heterocycles. The lowest BCUT2D eigenvalue weighted by Crippen LogP contribution is -2.18. The number of hydrogen-bond acceptors (Lipinski definition) is 5. The van der Waals surface area contributed by atoms with Crippen molar-refractivity contribution >= 4 is 54.9 Å². The molecule has 160 valence electrons. The Morgan fingerprint density at radius 2 is 1.75 bits per heavy atom. The van der Waals surface area contributed by atoms with Gasteiger partial charge in [0.25, 0.3) is 5.91 Å². The van der Waals surface area contributed by atoms with Gasteiger partial charge in [0, 0.05) is 10.9 Å². The maximum absolute atomic E-state index is 13.0. The van der Waals surface area contributed by atoms with Gasteiger partial charge in [0.1, 0.15) is 11.5 Å². The zero-order valence-electron chi connectivity index (χ0n) is 16.8. The van der Waals surface area contributed by atoms with E-state index in [-0.39, 0.29) is 11.7 Å². The molecule has 32 heavy (non-hydrogen) atoms. The van der Waals surface area contributed by atoms with Crippen LogP contribution in [0.5, 0.6) is 11.5 Å². The quantitative estimate of drug-likeness (QED) is 0.237. The number of pyridine rings is 1. The fourth-order valence-corrected chi connectivity index (χ4v) is 4.38. The number of carbonyl (C=O) groups is 1. The molecular weight excluding hydrogens is 538 g/mol. The van der Waals surface area contributed by atoms with Crippen molar-refractivity contribution in [3.05, 3.63) is 86.8 Å². The molecule has 1 aromatic heterocycles. The van der Waals surface area contributed by atoms with Crippen LogP contribution in [0, 0.1) is 0 Å². The molecule has 3 aromatic carbocycles. The van der Waals surface area contributed by atoms with Gasteiger partial charge in [-0.2, -0.15) is 5.10 Å². The third-order valence-corrected chi connectivity index (χ3v) is 5.97. The second-order valence-corrected chi connectivity index (χ2v) is 8.54. The zero-order chi connectivity index (χ0) is 22.7. The molecule has 0 fully saturated rings. The third-order valence-electron chi connectivity index (χ3n) is 4.77. The summed E-state index contributed by atoms with van der Waals surface area (Å²) in [6.45, 7) is 0. The highest BCUT2D eigenvalue weighted by molar-refractivity contribution is 9.11. The standard InChI is InChI=1S/C24H17Br2N3O3/c1-32-16-8-6-15(7-9-16)22-12-18(17-4-2-3-5-21(17)28-22)24(31)29-27-13-14-10-19(25)23(30)20(26)11-14/h2-13,30H,1H3,(H,29,31). The Hall–Kier alpha value is -3.23. The van der Waals surface area contributed by atoms with Crippen LogP contribution in [0.2, 0.25) is 0 Å². The maximum atomic E-state index is 13.0. The molecule has 0 spiro atoms. The lowest BCUT2D eigenvalue weighted by molar-refractivity contribution is 0.0956. The van der Waals surface area contributed by atoms with E-state index in [0.29, 0.717) is 31.3 Å². The van der Waals surface area contributed by atoms with Crippen molar-refractivity contribution in [1.82, 2.24) is 10.4 Å². The largest absolute Gasteiger partial charge is 0.506 e. The van der Waals surface area contributed by atoms with Gasteiger partial charge in [-0.1, -0.05) is 18.2 Å². The molecule has 0 atom stereocenters. The number of phenols is 1. The van der Waals surface area contributed by atoms with E-state index in [1.54, 1.807) is 25.3 Å². The number of fused-ring (bicyclic) bond motifs is 1. The summed E-state index contributed by atoms with van der Waals surface area (Å²) >= 11 is 6.55. The average molecular weight is 555 g/mol. The van der Waals surface area contributed by atoms with Crippen LogP contribution >= 0.6 is 31.9 Å². The fourth-order valence-electron chi connectivity index (χ4n) is 3.16. The minimum absolute atomic E-state index is 0.0977. The van der Waals surface area contributed by atoms with Gasteiger partial charge < -0.3 is 9.84 Å². The number of methoxy groups -OCH3 is 1. The van der Waals surface area contributed by atoms with Crippen LogP contribution in [0.15, 0.2) is 80.8 Å². The van der Waals surface area contributed by atoms with Crippen LogP contribution in [0.4, 0.5) is 0 Å². The number of para-hydroxylation sites is 1. The maximum Gasteiger partial charge on any atom is 0.272 e. The van der Waals surface area contributed by atoms with Gasteiger partial charge in [0.05, 0.1) is 39.0 Å². The summed E-state index contributed by atoms with van der Waals surface area (Å²) in [4.78, 5) is 17.7. The van der Waals surface area contributed by atoms with E-state index in [4.69, 9.17) is 9.72 Å². The number of hydrogen-bond donors (Lipinski definition) is 2. The summed E-state index contributed by atoms with van der Waals surface area (Å²) in [5.41, 5.74) is 5.99. The van der Waals surface area contributed by atoms with Gasteiger partial charge in [0.15, 0.2) is 0 Å². The smallest absolute Gasteiger partial charge is 0.272 e. The number of benzene rings is 3. The SMILES string of the molecule is COc1ccc(-c2cc(C(=O)NN=Cc3cc(Br)c(O)c(Br)c3)c3ccccc3n2)cc1. The molecule has 8 heteroatoms. The first kappa shape index (κ1) is 22.0. The second kappa shape index (κ2) is 9.50. The minimum Gasteiger partial charge on any atom is -0.506 e. The molecular formula is C24H17Br2N3O3. The monoisotopic (exact) mass is 553 g/mol. The van der Waals surface area contributed by atoms with Gasteiger partial charge >= 0.3 is 0 Å². The number of amides is 1. The normalized spacial score (nSPS) is 11.1. The van der Waals surface area contributed by atoms with Crippen molar-refractivity contribution in [2.24, 2.45) is 5.10 Å². The Bertz CT molecular complexity index is 1320. The lowest BCUT2D eigenvalue weighted by Gasteiger charge is -2.09. The van der Waals surface area contributed by atoms with E-state index >= 15 is 0 Å². The van der Waals surface area contributed by atoms with E-state index in [0.717, 1.165) is 16.7 Å². The van der Waals surface area contributed by atoms with Crippen molar-refractivity contribution < 1.29 is 14.6 Å². The second-order valence-electron chi connectivity index (χ2n) is 6.83. The predicted octanol–water partition coefficient (Wildman–Crippen LogP) is 5.90. The van der Waals surface area contributed by atoms with Crippen molar-refractivity contribution in [3.8, 4) is 22.8 Å². The molecule has 0 aliphatic heterocycles. The highest BCUT2D eigenvalue weighted by Gasteiger charge is 2.14. The molecule has 4 aromatic rings. The number of halogens is 2. The van der Waals surface area contributed by atoms with Crippen molar-refractivity contribution in [3.63, 3.8) is 0 Å². The molecule has 0 bridgehead atoms. The van der Waals surface area contributed by atoms with E-state index in [2.05, 4.69) is 42.4 Å². The van der Waals surface area contributed by atoms with Crippen LogP contribution in [0.3, 0.4) is 0 Å². The summed E-state index contributed by atoms with van der Waals surface area (Å²) in [5, 5.41) is 14.6. The number of aromatic nitrogens is 1. The van der Waals surface area contributed by atoms with Gasteiger partial charge in [-0.25, -0.2) is 10.4 Å². The van der Waals surface area contributed by atoms with Crippen LogP contribution in [0.25, 0.3) is 22.2 Å². The number of phenolic OH excluding ortho intramolecular Hbond substituents is 1. The summed E-state index contributed by atoms with van der Waals surface area (Å²) in [6.07, 6.45) is 1.50. The highest BCUT2D eigenvalue weighted by atomic mass is 79.9. The van der Waals surface area contributed by atoms with Crippen LogP contribution in [-0.2, 0) is 0 Å². The topological polar surface area (TPSA) is 83.8 Å². The third kappa shape index (κ3) is 4.66. The van der Waals surface area contributed by atoms with Gasteiger partial charge in [0.2, 0.25) is 0 Å². The summed E-state index contributed by atoms with van der Waals surface area (Å²) in [5.74, 6) is 0.487. The molecule has 4 rings (SSSR count). The summed E-state index contributed by atoms with van der Waals surface area (Å²) < 4.78 is 6.25. The molecule has 6 nitrogen and oxygen atoms in total. The molecule has 0 aliphatic carbocycles.